The fraction of sp³-hybridized carbons (Fsp3) is 0.167. The third kappa shape index (κ3) is 3.87. The van der Waals surface area contributed by atoms with Crippen LogP contribution in [0, 0.1) is 11.0 Å². The first-order chi connectivity index (χ1) is 8.99. The van der Waals surface area contributed by atoms with E-state index in [1.807, 2.05) is 0 Å². The Morgan fingerprint density at radius 1 is 1.53 bits per heavy atom. The second-order valence-electron chi connectivity index (χ2n) is 3.50. The molecule has 0 fully saturated rings. The van der Waals surface area contributed by atoms with Gasteiger partial charge in [0.15, 0.2) is 5.69 Å². The number of nitrogens with two attached hydrogens (primary N) is 1. The van der Waals surface area contributed by atoms with Gasteiger partial charge in [0.2, 0.25) is 0 Å². The maximum Gasteiger partial charge on any atom is 0.343 e. The summed E-state index contributed by atoms with van der Waals surface area (Å²) in [5.41, 5.74) is 0.0473. The molecule has 0 radical (unpaired) electrons. The Morgan fingerprint density at radius 3 is 2.79 bits per heavy atom. The molecule has 19 heavy (non-hydrogen) atoms. The van der Waals surface area contributed by atoms with E-state index in [1.165, 1.54) is 6.07 Å². The number of ether oxygens (including phenoxy) is 1. The van der Waals surface area contributed by atoms with E-state index < -0.39 is 23.3 Å². The van der Waals surface area contributed by atoms with Gasteiger partial charge in [-0.2, -0.15) is 0 Å². The Morgan fingerprint density at radius 2 is 2.21 bits per heavy atom. The summed E-state index contributed by atoms with van der Waals surface area (Å²) in [6, 6.07) is 3.26. The van der Waals surface area contributed by atoms with Crippen molar-refractivity contribution in [2.45, 2.75) is 6.92 Å². The molecular formula is C12H13FN2O4. The maximum absolute atomic E-state index is 12.9. The van der Waals surface area contributed by atoms with Crippen molar-refractivity contribution in [1.29, 1.82) is 0 Å². The maximum atomic E-state index is 12.9. The van der Waals surface area contributed by atoms with Crippen molar-refractivity contribution in [2.75, 3.05) is 11.9 Å². The zero-order chi connectivity index (χ0) is 14.4. The number of carbonyl (C=O) groups is 2. The van der Waals surface area contributed by atoms with Crippen molar-refractivity contribution in [3.63, 3.8) is 0 Å². The Balaban J connectivity index is 2.82. The number of nitrogens with one attached hydrogen (secondary N) is 1. The average Bonchev–Trinajstić information content (AvgIpc) is 2.39. The molecule has 0 unspecified atom stereocenters. The molecule has 0 spiro atoms. The summed E-state index contributed by atoms with van der Waals surface area (Å²) in [7, 11) is 0. The summed E-state index contributed by atoms with van der Waals surface area (Å²) in [6.07, 6.45) is 0. The van der Waals surface area contributed by atoms with Gasteiger partial charge in [0.05, 0.1) is 6.61 Å². The average molecular weight is 268 g/mol. The Hall–Kier alpha value is -2.25. The lowest BCUT2D eigenvalue weighted by Crippen LogP contribution is -2.70. The molecule has 1 amide bonds. The number of hydrogen-bond donors (Lipinski definition) is 2. The van der Waals surface area contributed by atoms with Crippen LogP contribution in [0.15, 0.2) is 30.4 Å². The molecule has 0 aromatic heterocycles. The molecule has 6 nitrogen and oxygen atoms in total. The highest BCUT2D eigenvalue weighted by Crippen LogP contribution is 2.18. The molecule has 1 aromatic rings. The van der Waals surface area contributed by atoms with E-state index in [4.69, 9.17) is 0 Å². The Kier molecular flexibility index (Phi) is 5.16. The SMILES string of the molecule is C=C(C(=O)Nc1ccc(F)cc1[NH2+][O-])C(=O)OCC. The molecule has 0 aliphatic carbocycles. The van der Waals surface area contributed by atoms with Crippen LogP contribution in [0.5, 0.6) is 0 Å². The van der Waals surface area contributed by atoms with Crippen LogP contribution in [0.1, 0.15) is 6.92 Å². The number of rotatable bonds is 5. The van der Waals surface area contributed by atoms with Crippen LogP contribution in [0.4, 0.5) is 15.8 Å². The van der Waals surface area contributed by atoms with Crippen LogP contribution in [0.25, 0.3) is 0 Å². The number of carbonyl (C=O) groups excluding carboxylic acids is 2. The first kappa shape index (κ1) is 14.8. The van der Waals surface area contributed by atoms with Gasteiger partial charge in [0.25, 0.3) is 5.91 Å². The van der Waals surface area contributed by atoms with Crippen LogP contribution in [-0.2, 0) is 14.3 Å². The Bertz CT molecular complexity index is 516. The van der Waals surface area contributed by atoms with Gasteiger partial charge in [-0.3, -0.25) is 4.79 Å². The fourth-order valence-electron chi connectivity index (χ4n) is 1.25. The fourth-order valence-corrected chi connectivity index (χ4v) is 1.25. The van der Waals surface area contributed by atoms with E-state index in [9.17, 15) is 19.2 Å². The van der Waals surface area contributed by atoms with Crippen LogP contribution >= 0.6 is 0 Å². The lowest BCUT2D eigenvalue weighted by Gasteiger charge is -2.11. The number of hydrogen-bond acceptors (Lipinski definition) is 4. The minimum absolute atomic E-state index is 0.0370. The monoisotopic (exact) mass is 268 g/mol. The van der Waals surface area contributed by atoms with Crippen molar-refractivity contribution < 1.29 is 24.2 Å². The number of anilines is 1. The standard InChI is InChI=1S/C12H13FN2O4/c1-3-19-12(17)7(2)11(16)14-9-5-4-8(13)6-10(9)15-18/h4-6H,2-3,15H2,1H3,(H,14,16). The predicted octanol–water partition coefficient (Wildman–Crippen LogP) is 0.576. The van der Waals surface area contributed by atoms with Crippen LogP contribution < -0.4 is 10.8 Å². The van der Waals surface area contributed by atoms with Gasteiger partial charge >= 0.3 is 5.97 Å². The predicted molar refractivity (Wildman–Crippen MR) is 65.8 cm³/mol. The molecule has 0 heterocycles. The largest absolute Gasteiger partial charge is 0.630 e. The van der Waals surface area contributed by atoms with E-state index in [0.717, 1.165) is 12.1 Å². The molecular weight excluding hydrogens is 255 g/mol. The molecule has 3 N–H and O–H groups in total. The van der Waals surface area contributed by atoms with Crippen molar-refractivity contribution in [2.24, 2.45) is 0 Å². The second-order valence-corrected chi connectivity index (χ2v) is 3.50. The number of halogens is 1. The molecule has 0 atom stereocenters. The minimum Gasteiger partial charge on any atom is -0.630 e. The normalized spacial score (nSPS) is 9.84. The summed E-state index contributed by atoms with van der Waals surface area (Å²) in [5, 5.41) is 13.0. The summed E-state index contributed by atoms with van der Waals surface area (Å²) in [4.78, 5) is 22.9. The van der Waals surface area contributed by atoms with Gasteiger partial charge < -0.3 is 20.7 Å². The third-order valence-corrected chi connectivity index (χ3v) is 2.18. The lowest BCUT2D eigenvalue weighted by molar-refractivity contribution is -0.496. The topological polar surface area (TPSA) is 95.1 Å². The summed E-state index contributed by atoms with van der Waals surface area (Å²) in [5.74, 6) is -2.27. The van der Waals surface area contributed by atoms with Crippen LogP contribution in [0.3, 0.4) is 0 Å². The van der Waals surface area contributed by atoms with Gasteiger partial charge in [-0.25, -0.2) is 9.18 Å². The van der Waals surface area contributed by atoms with Crippen LogP contribution in [-0.4, -0.2) is 18.5 Å². The highest BCUT2D eigenvalue weighted by Gasteiger charge is 2.18. The van der Waals surface area contributed by atoms with E-state index in [1.54, 1.807) is 6.92 Å². The first-order valence-electron chi connectivity index (χ1n) is 5.41. The number of esters is 1. The Labute approximate surface area is 108 Å². The number of amides is 1. The van der Waals surface area contributed by atoms with Gasteiger partial charge in [-0.15, -0.1) is 0 Å². The van der Waals surface area contributed by atoms with Crippen molar-refractivity contribution in [3.05, 3.63) is 41.4 Å². The number of quaternary nitrogens is 1. The molecule has 1 rings (SSSR count). The molecule has 0 saturated carbocycles. The van der Waals surface area contributed by atoms with Crippen molar-refractivity contribution >= 4 is 23.3 Å². The molecule has 0 bridgehead atoms. The van der Waals surface area contributed by atoms with E-state index in [2.05, 4.69) is 16.6 Å². The first-order valence-corrected chi connectivity index (χ1v) is 5.41. The molecule has 7 heteroatoms. The quantitative estimate of drug-likeness (QED) is 0.204. The van der Waals surface area contributed by atoms with Gasteiger partial charge in [-0.1, -0.05) is 6.58 Å². The van der Waals surface area contributed by atoms with Crippen LogP contribution in [0.2, 0.25) is 0 Å². The molecule has 0 aliphatic heterocycles. The zero-order valence-electron chi connectivity index (χ0n) is 10.2. The van der Waals surface area contributed by atoms with Gasteiger partial charge in [0, 0.05) is 6.07 Å². The third-order valence-electron chi connectivity index (χ3n) is 2.18. The lowest BCUT2D eigenvalue weighted by atomic mass is 10.2. The summed E-state index contributed by atoms with van der Waals surface area (Å²) < 4.78 is 17.5. The molecule has 1 aromatic carbocycles. The summed E-state index contributed by atoms with van der Waals surface area (Å²) >= 11 is 0. The highest BCUT2D eigenvalue weighted by molar-refractivity contribution is 6.20. The minimum atomic E-state index is -0.852. The van der Waals surface area contributed by atoms with Crippen molar-refractivity contribution in [3.8, 4) is 0 Å². The highest BCUT2D eigenvalue weighted by atomic mass is 19.1. The van der Waals surface area contributed by atoms with E-state index >= 15 is 0 Å². The molecule has 0 saturated heterocycles. The second kappa shape index (κ2) is 6.62. The van der Waals surface area contributed by atoms with E-state index in [0.29, 0.717) is 5.48 Å². The summed E-state index contributed by atoms with van der Waals surface area (Å²) in [6.45, 7) is 5.00. The smallest absolute Gasteiger partial charge is 0.343 e. The van der Waals surface area contributed by atoms with Crippen molar-refractivity contribution in [1.82, 2.24) is 0 Å². The van der Waals surface area contributed by atoms with E-state index in [-0.39, 0.29) is 18.0 Å². The zero-order valence-corrected chi connectivity index (χ0v) is 10.2. The van der Waals surface area contributed by atoms with Gasteiger partial charge in [0.1, 0.15) is 17.1 Å². The number of benzene rings is 1. The molecule has 0 aliphatic rings. The van der Waals surface area contributed by atoms with Gasteiger partial charge in [-0.05, 0) is 19.1 Å². The molecule has 102 valence electrons.